The lowest BCUT2D eigenvalue weighted by molar-refractivity contribution is -0.138. The van der Waals surface area contributed by atoms with Gasteiger partial charge in [-0.3, -0.25) is 9.59 Å². The number of hydrogen-bond donors (Lipinski definition) is 0. The molecule has 1 aromatic carbocycles. The minimum absolute atomic E-state index is 0.00439. The van der Waals surface area contributed by atoms with Crippen molar-refractivity contribution < 1.29 is 14.0 Å². The summed E-state index contributed by atoms with van der Waals surface area (Å²) in [5.41, 5.74) is 0.375. The van der Waals surface area contributed by atoms with Gasteiger partial charge in [-0.05, 0) is 37.6 Å². The van der Waals surface area contributed by atoms with Crippen LogP contribution in [0.1, 0.15) is 30.1 Å². The zero-order chi connectivity index (χ0) is 17.8. The maximum atomic E-state index is 13.3. The third-order valence-corrected chi connectivity index (χ3v) is 5.33. The first-order chi connectivity index (χ1) is 12.1. The number of likely N-dealkylation sites (N-methyl/N-ethyl adjacent to an activating group) is 1. The molecule has 2 aliphatic rings. The Balaban J connectivity index is 1.51. The number of amides is 2. The summed E-state index contributed by atoms with van der Waals surface area (Å²) in [5, 5.41) is 0. The molecule has 0 bridgehead atoms. The van der Waals surface area contributed by atoms with Gasteiger partial charge in [0.15, 0.2) is 0 Å². The predicted molar refractivity (Wildman–Crippen MR) is 93.7 cm³/mol. The Bertz CT molecular complexity index is 621. The number of carbonyl (C=O) groups excluding carboxylic acids is 2. The SMILES string of the molecule is CCN1CCN(C(=O)C2CCN(C(=O)c3cccc(F)c3)CC2)CC1. The Hall–Kier alpha value is -1.95. The highest BCUT2D eigenvalue weighted by atomic mass is 19.1. The second-order valence-electron chi connectivity index (χ2n) is 6.84. The number of rotatable bonds is 3. The molecule has 1 aromatic rings. The number of benzene rings is 1. The Morgan fingerprint density at radius 3 is 2.32 bits per heavy atom. The second-order valence-corrected chi connectivity index (χ2v) is 6.84. The average molecular weight is 347 g/mol. The van der Waals surface area contributed by atoms with E-state index >= 15 is 0 Å². The lowest BCUT2D eigenvalue weighted by Gasteiger charge is -2.38. The van der Waals surface area contributed by atoms with E-state index in [2.05, 4.69) is 11.8 Å². The maximum Gasteiger partial charge on any atom is 0.253 e. The first-order valence-electron chi connectivity index (χ1n) is 9.14. The Morgan fingerprint density at radius 2 is 1.72 bits per heavy atom. The van der Waals surface area contributed by atoms with E-state index in [4.69, 9.17) is 0 Å². The maximum absolute atomic E-state index is 13.3. The summed E-state index contributed by atoms with van der Waals surface area (Å²) >= 11 is 0. The van der Waals surface area contributed by atoms with E-state index in [0.717, 1.165) is 32.7 Å². The van der Waals surface area contributed by atoms with Gasteiger partial charge >= 0.3 is 0 Å². The monoisotopic (exact) mass is 347 g/mol. The quantitative estimate of drug-likeness (QED) is 0.838. The van der Waals surface area contributed by atoms with E-state index in [1.807, 2.05) is 4.90 Å². The number of likely N-dealkylation sites (tertiary alicyclic amines) is 1. The number of nitrogens with zero attached hydrogens (tertiary/aromatic N) is 3. The molecule has 0 aliphatic carbocycles. The molecule has 2 saturated heterocycles. The minimum atomic E-state index is -0.401. The zero-order valence-corrected chi connectivity index (χ0v) is 14.8. The highest BCUT2D eigenvalue weighted by molar-refractivity contribution is 5.94. The van der Waals surface area contributed by atoms with Gasteiger partial charge in [-0.15, -0.1) is 0 Å². The van der Waals surface area contributed by atoms with Crippen molar-refractivity contribution in [2.24, 2.45) is 5.92 Å². The molecule has 0 N–H and O–H groups in total. The molecule has 0 saturated carbocycles. The molecule has 0 radical (unpaired) electrons. The first kappa shape index (κ1) is 17.9. The molecule has 0 unspecified atom stereocenters. The highest BCUT2D eigenvalue weighted by Gasteiger charge is 2.31. The number of carbonyl (C=O) groups is 2. The summed E-state index contributed by atoms with van der Waals surface area (Å²) in [6, 6.07) is 5.79. The van der Waals surface area contributed by atoms with Crippen LogP contribution in [0.25, 0.3) is 0 Å². The fourth-order valence-corrected chi connectivity index (χ4v) is 3.68. The molecule has 5 nitrogen and oxygen atoms in total. The molecule has 0 atom stereocenters. The molecule has 136 valence electrons. The zero-order valence-electron chi connectivity index (χ0n) is 14.8. The van der Waals surface area contributed by atoms with Crippen LogP contribution in [-0.4, -0.2) is 72.3 Å². The molecule has 2 heterocycles. The van der Waals surface area contributed by atoms with E-state index in [0.29, 0.717) is 31.5 Å². The largest absolute Gasteiger partial charge is 0.340 e. The molecule has 25 heavy (non-hydrogen) atoms. The van der Waals surface area contributed by atoms with Crippen LogP contribution >= 0.6 is 0 Å². The van der Waals surface area contributed by atoms with Gasteiger partial charge in [0, 0.05) is 50.7 Å². The van der Waals surface area contributed by atoms with Crippen molar-refractivity contribution in [1.82, 2.24) is 14.7 Å². The summed E-state index contributed by atoms with van der Waals surface area (Å²) in [7, 11) is 0. The number of piperazine rings is 1. The summed E-state index contributed by atoms with van der Waals surface area (Å²) < 4.78 is 13.3. The molecular weight excluding hydrogens is 321 g/mol. The molecule has 0 spiro atoms. The van der Waals surface area contributed by atoms with Gasteiger partial charge in [0.1, 0.15) is 5.82 Å². The van der Waals surface area contributed by atoms with Gasteiger partial charge in [0.05, 0.1) is 0 Å². The van der Waals surface area contributed by atoms with Gasteiger partial charge < -0.3 is 14.7 Å². The molecule has 2 aliphatic heterocycles. The normalized spacial score (nSPS) is 19.9. The van der Waals surface area contributed by atoms with Gasteiger partial charge in [-0.25, -0.2) is 4.39 Å². The van der Waals surface area contributed by atoms with E-state index in [1.54, 1.807) is 17.0 Å². The van der Waals surface area contributed by atoms with Crippen molar-refractivity contribution in [3.8, 4) is 0 Å². The molecule has 2 amide bonds. The Labute approximate surface area is 148 Å². The van der Waals surface area contributed by atoms with Crippen molar-refractivity contribution >= 4 is 11.8 Å². The fourth-order valence-electron chi connectivity index (χ4n) is 3.68. The smallest absolute Gasteiger partial charge is 0.253 e. The standard InChI is InChI=1S/C19H26FN3O2/c1-2-21-10-12-23(13-11-21)18(24)15-6-8-22(9-7-15)19(25)16-4-3-5-17(20)14-16/h3-5,14-15H,2,6-13H2,1H3. The highest BCUT2D eigenvalue weighted by Crippen LogP contribution is 2.22. The van der Waals surface area contributed by atoms with Crippen molar-refractivity contribution in [3.05, 3.63) is 35.6 Å². The summed E-state index contributed by atoms with van der Waals surface area (Å²) in [4.78, 5) is 31.2. The van der Waals surface area contributed by atoms with Crippen LogP contribution < -0.4 is 0 Å². The van der Waals surface area contributed by atoms with Crippen LogP contribution in [0.15, 0.2) is 24.3 Å². The Morgan fingerprint density at radius 1 is 1.04 bits per heavy atom. The molecule has 3 rings (SSSR count). The van der Waals surface area contributed by atoms with Crippen LogP contribution in [0.4, 0.5) is 4.39 Å². The first-order valence-corrected chi connectivity index (χ1v) is 9.14. The van der Waals surface area contributed by atoms with Crippen molar-refractivity contribution in [2.75, 3.05) is 45.8 Å². The van der Waals surface area contributed by atoms with Gasteiger partial charge in [-0.1, -0.05) is 13.0 Å². The average Bonchev–Trinajstić information content (AvgIpc) is 2.67. The lowest BCUT2D eigenvalue weighted by atomic mass is 9.94. The summed E-state index contributed by atoms with van der Waals surface area (Å²) in [6.07, 6.45) is 1.38. The van der Waals surface area contributed by atoms with Crippen molar-refractivity contribution in [3.63, 3.8) is 0 Å². The van der Waals surface area contributed by atoms with E-state index < -0.39 is 5.82 Å². The minimum Gasteiger partial charge on any atom is -0.340 e. The fraction of sp³-hybridized carbons (Fsp3) is 0.579. The second kappa shape index (κ2) is 7.95. The summed E-state index contributed by atoms with van der Waals surface area (Å²) in [5.74, 6) is -0.317. The van der Waals surface area contributed by atoms with Crippen LogP contribution in [-0.2, 0) is 4.79 Å². The molecule has 6 heteroatoms. The lowest BCUT2D eigenvalue weighted by Crippen LogP contribution is -2.51. The van der Waals surface area contributed by atoms with Crippen LogP contribution in [0.2, 0.25) is 0 Å². The van der Waals surface area contributed by atoms with Gasteiger partial charge in [-0.2, -0.15) is 0 Å². The topological polar surface area (TPSA) is 43.9 Å². The van der Waals surface area contributed by atoms with Crippen molar-refractivity contribution in [2.45, 2.75) is 19.8 Å². The van der Waals surface area contributed by atoms with Crippen LogP contribution in [0.5, 0.6) is 0 Å². The third-order valence-electron chi connectivity index (χ3n) is 5.33. The van der Waals surface area contributed by atoms with Crippen molar-refractivity contribution in [1.29, 1.82) is 0 Å². The van der Waals surface area contributed by atoms with E-state index in [9.17, 15) is 14.0 Å². The third kappa shape index (κ3) is 4.18. The number of piperidine rings is 1. The van der Waals surface area contributed by atoms with Crippen LogP contribution in [0, 0.1) is 11.7 Å². The number of hydrogen-bond acceptors (Lipinski definition) is 3. The number of halogens is 1. The van der Waals surface area contributed by atoms with Crippen LogP contribution in [0.3, 0.4) is 0 Å². The van der Waals surface area contributed by atoms with E-state index in [-0.39, 0.29) is 17.7 Å². The predicted octanol–water partition coefficient (Wildman–Crippen LogP) is 1.84. The molecule has 0 aromatic heterocycles. The van der Waals surface area contributed by atoms with Gasteiger partial charge in [0.25, 0.3) is 5.91 Å². The molecular formula is C19H26FN3O2. The Kier molecular flexibility index (Phi) is 5.68. The van der Waals surface area contributed by atoms with Gasteiger partial charge in [0.2, 0.25) is 5.91 Å². The van der Waals surface area contributed by atoms with E-state index in [1.165, 1.54) is 12.1 Å². The summed E-state index contributed by atoms with van der Waals surface area (Å²) in [6.45, 7) is 7.77. The molecule has 2 fully saturated rings.